The Balaban J connectivity index is 1.73. The van der Waals surface area contributed by atoms with Crippen LogP contribution in [0.1, 0.15) is 25.3 Å². The molecule has 0 atom stereocenters. The number of rotatable bonds is 3. The highest BCUT2D eigenvalue weighted by Crippen LogP contribution is 2.37. The third-order valence-corrected chi connectivity index (χ3v) is 5.18. The summed E-state index contributed by atoms with van der Waals surface area (Å²) in [6.45, 7) is 5.51. The number of ether oxygens (including phenoxy) is 2. The molecule has 0 aromatic heterocycles. The van der Waals surface area contributed by atoms with Crippen LogP contribution in [0.5, 0.6) is 0 Å². The summed E-state index contributed by atoms with van der Waals surface area (Å²) in [6.07, 6.45) is 1.11. The van der Waals surface area contributed by atoms with E-state index in [0.717, 1.165) is 5.56 Å². The van der Waals surface area contributed by atoms with Crippen molar-refractivity contribution in [3.63, 3.8) is 0 Å². The van der Waals surface area contributed by atoms with E-state index in [9.17, 15) is 9.59 Å². The van der Waals surface area contributed by atoms with E-state index >= 15 is 0 Å². The molecule has 0 bridgehead atoms. The molecule has 0 saturated carbocycles. The van der Waals surface area contributed by atoms with E-state index in [2.05, 4.69) is 0 Å². The highest BCUT2D eigenvalue weighted by molar-refractivity contribution is 5.88. The minimum Gasteiger partial charge on any atom is -0.450 e. The van der Waals surface area contributed by atoms with Crippen molar-refractivity contribution in [3.05, 3.63) is 35.9 Å². The monoisotopic (exact) mass is 346 g/mol. The van der Waals surface area contributed by atoms with Gasteiger partial charge < -0.3 is 19.3 Å². The van der Waals surface area contributed by atoms with Gasteiger partial charge in [0, 0.05) is 39.4 Å². The minimum absolute atomic E-state index is 0.158. The smallest absolute Gasteiger partial charge is 0.409 e. The van der Waals surface area contributed by atoms with Gasteiger partial charge in [-0.2, -0.15) is 0 Å². The lowest BCUT2D eigenvalue weighted by Crippen LogP contribution is -2.56. The third-order valence-electron chi connectivity index (χ3n) is 5.18. The van der Waals surface area contributed by atoms with Gasteiger partial charge in [0.15, 0.2) is 0 Å². The van der Waals surface area contributed by atoms with E-state index in [-0.39, 0.29) is 12.0 Å². The molecule has 2 saturated heterocycles. The number of carbonyl (C=O) groups is 2. The number of hydrogen-bond donors (Lipinski definition) is 0. The van der Waals surface area contributed by atoms with Gasteiger partial charge >= 0.3 is 6.09 Å². The molecule has 6 nitrogen and oxygen atoms in total. The molecule has 0 aliphatic carbocycles. The molecule has 2 heterocycles. The van der Waals surface area contributed by atoms with Crippen molar-refractivity contribution in [1.82, 2.24) is 9.80 Å². The van der Waals surface area contributed by atoms with Crippen LogP contribution >= 0.6 is 0 Å². The topological polar surface area (TPSA) is 59.1 Å². The van der Waals surface area contributed by atoms with Crippen LogP contribution in [0.15, 0.2) is 30.3 Å². The Morgan fingerprint density at radius 2 is 1.64 bits per heavy atom. The molecule has 2 aliphatic heterocycles. The fourth-order valence-electron chi connectivity index (χ4n) is 3.71. The fourth-order valence-corrected chi connectivity index (χ4v) is 3.71. The molecular weight excluding hydrogens is 320 g/mol. The summed E-state index contributed by atoms with van der Waals surface area (Å²) in [5.74, 6) is 0.158. The maximum absolute atomic E-state index is 13.4. The lowest BCUT2D eigenvalue weighted by Gasteiger charge is -2.42. The van der Waals surface area contributed by atoms with E-state index in [1.807, 2.05) is 35.2 Å². The summed E-state index contributed by atoms with van der Waals surface area (Å²) in [5.41, 5.74) is 0.558. The number of hydrogen-bond acceptors (Lipinski definition) is 4. The third kappa shape index (κ3) is 3.63. The first-order valence-electron chi connectivity index (χ1n) is 9.02. The highest BCUT2D eigenvalue weighted by Gasteiger charge is 2.44. The predicted molar refractivity (Wildman–Crippen MR) is 93.3 cm³/mol. The summed E-state index contributed by atoms with van der Waals surface area (Å²) in [5, 5.41) is 0. The molecule has 0 spiro atoms. The van der Waals surface area contributed by atoms with Crippen molar-refractivity contribution < 1.29 is 19.1 Å². The largest absolute Gasteiger partial charge is 0.450 e. The Hall–Kier alpha value is -2.08. The average Bonchev–Trinajstić information content (AvgIpc) is 2.69. The van der Waals surface area contributed by atoms with Gasteiger partial charge in [0.25, 0.3) is 0 Å². The molecule has 1 aromatic rings. The van der Waals surface area contributed by atoms with Gasteiger partial charge in [-0.15, -0.1) is 0 Å². The first-order valence-corrected chi connectivity index (χ1v) is 9.02. The van der Waals surface area contributed by atoms with Crippen molar-refractivity contribution in [2.24, 2.45) is 0 Å². The van der Waals surface area contributed by atoms with Gasteiger partial charge in [0.05, 0.1) is 12.0 Å². The zero-order valence-corrected chi connectivity index (χ0v) is 14.8. The van der Waals surface area contributed by atoms with Crippen LogP contribution in [0.2, 0.25) is 0 Å². The lowest BCUT2D eigenvalue weighted by molar-refractivity contribution is -0.143. The highest BCUT2D eigenvalue weighted by atomic mass is 16.6. The van der Waals surface area contributed by atoms with Gasteiger partial charge in [0.1, 0.15) is 0 Å². The molecule has 3 rings (SSSR count). The van der Waals surface area contributed by atoms with Crippen molar-refractivity contribution in [3.8, 4) is 0 Å². The Kier molecular flexibility index (Phi) is 5.58. The van der Waals surface area contributed by atoms with Gasteiger partial charge in [-0.1, -0.05) is 30.3 Å². The van der Waals surface area contributed by atoms with Crippen molar-refractivity contribution >= 4 is 12.0 Å². The maximum atomic E-state index is 13.4. The number of amides is 2. The molecule has 2 amide bonds. The van der Waals surface area contributed by atoms with Gasteiger partial charge in [-0.3, -0.25) is 4.79 Å². The van der Waals surface area contributed by atoms with E-state index in [1.54, 1.807) is 11.8 Å². The molecule has 136 valence electrons. The summed E-state index contributed by atoms with van der Waals surface area (Å²) >= 11 is 0. The predicted octanol–water partition coefficient (Wildman–Crippen LogP) is 2.04. The molecular formula is C19H26N2O4. The second-order valence-electron chi connectivity index (χ2n) is 6.54. The lowest BCUT2D eigenvalue weighted by atomic mass is 9.73. The van der Waals surface area contributed by atoms with E-state index in [0.29, 0.717) is 58.8 Å². The zero-order chi connectivity index (χ0) is 17.7. The standard InChI is InChI=1S/C19H26N2O4/c1-2-25-18(23)21-12-10-20(11-13-21)17(22)19(8-14-24-15-9-19)16-6-4-3-5-7-16/h3-7H,2,8-15H2,1H3. The first-order chi connectivity index (χ1) is 12.2. The quantitative estimate of drug-likeness (QED) is 0.840. The summed E-state index contributed by atoms with van der Waals surface area (Å²) < 4.78 is 10.6. The number of nitrogens with zero attached hydrogens (tertiary/aromatic N) is 2. The van der Waals surface area contributed by atoms with Crippen molar-refractivity contribution in [1.29, 1.82) is 0 Å². The summed E-state index contributed by atoms with van der Waals surface area (Å²) in [6, 6.07) is 10.0. The van der Waals surface area contributed by atoms with Crippen LogP contribution in [-0.4, -0.2) is 67.8 Å². The Morgan fingerprint density at radius 3 is 2.24 bits per heavy atom. The number of benzene rings is 1. The first kappa shape index (κ1) is 17.7. The average molecular weight is 346 g/mol. The molecule has 1 aromatic carbocycles. The van der Waals surface area contributed by atoms with Crippen LogP contribution in [-0.2, 0) is 19.7 Å². The zero-order valence-electron chi connectivity index (χ0n) is 14.8. The van der Waals surface area contributed by atoms with Crippen molar-refractivity contribution in [2.75, 3.05) is 46.0 Å². The molecule has 0 radical (unpaired) electrons. The van der Waals surface area contributed by atoms with E-state index < -0.39 is 5.41 Å². The van der Waals surface area contributed by atoms with Crippen LogP contribution in [0.4, 0.5) is 4.79 Å². The molecule has 6 heteroatoms. The Morgan fingerprint density at radius 1 is 1.04 bits per heavy atom. The molecule has 0 unspecified atom stereocenters. The maximum Gasteiger partial charge on any atom is 0.409 e. The summed E-state index contributed by atoms with van der Waals surface area (Å²) in [7, 11) is 0. The molecule has 2 fully saturated rings. The minimum atomic E-state index is -0.508. The van der Waals surface area contributed by atoms with Gasteiger partial charge in [-0.25, -0.2) is 4.79 Å². The van der Waals surface area contributed by atoms with Gasteiger partial charge in [-0.05, 0) is 25.3 Å². The normalized spacial score (nSPS) is 20.2. The van der Waals surface area contributed by atoms with E-state index in [4.69, 9.17) is 9.47 Å². The van der Waals surface area contributed by atoms with Crippen LogP contribution < -0.4 is 0 Å². The SMILES string of the molecule is CCOC(=O)N1CCN(C(=O)C2(c3ccccc3)CCOCC2)CC1. The molecule has 25 heavy (non-hydrogen) atoms. The second-order valence-corrected chi connectivity index (χ2v) is 6.54. The fraction of sp³-hybridized carbons (Fsp3) is 0.579. The van der Waals surface area contributed by atoms with Crippen LogP contribution in [0.25, 0.3) is 0 Å². The van der Waals surface area contributed by atoms with Crippen molar-refractivity contribution in [2.45, 2.75) is 25.2 Å². The number of carbonyl (C=O) groups excluding carboxylic acids is 2. The number of piperazine rings is 1. The van der Waals surface area contributed by atoms with Crippen LogP contribution in [0.3, 0.4) is 0 Å². The van der Waals surface area contributed by atoms with E-state index in [1.165, 1.54) is 0 Å². The second kappa shape index (κ2) is 7.87. The Bertz CT molecular complexity index is 591. The summed E-state index contributed by atoms with van der Waals surface area (Å²) in [4.78, 5) is 28.8. The molecule has 0 N–H and O–H groups in total. The molecule has 2 aliphatic rings. The van der Waals surface area contributed by atoms with Crippen LogP contribution in [0, 0.1) is 0 Å². The Labute approximate surface area is 148 Å². The van der Waals surface area contributed by atoms with Gasteiger partial charge in [0.2, 0.25) is 5.91 Å².